The van der Waals surface area contributed by atoms with Crippen LogP contribution >= 0.6 is 0 Å². The number of ether oxygens (including phenoxy) is 1. The van der Waals surface area contributed by atoms with Gasteiger partial charge in [-0.1, -0.05) is 48.5 Å². The van der Waals surface area contributed by atoms with E-state index in [9.17, 15) is 4.79 Å². The van der Waals surface area contributed by atoms with E-state index in [0.717, 1.165) is 52.7 Å². The Labute approximate surface area is 194 Å². The molecular formula is C26H31N5O2. The number of unbranched alkanes of at least 4 members (excludes halogenated alkanes) is 1. The van der Waals surface area contributed by atoms with Crippen LogP contribution in [0.2, 0.25) is 0 Å². The van der Waals surface area contributed by atoms with Crippen LogP contribution in [0.25, 0.3) is 21.9 Å². The Hall–Kier alpha value is -3.45. The number of methoxy groups -OCH3 is 1. The van der Waals surface area contributed by atoms with Gasteiger partial charge in [0.2, 0.25) is 5.91 Å². The minimum atomic E-state index is -0.161. The van der Waals surface area contributed by atoms with E-state index in [1.807, 2.05) is 55.5 Å². The summed E-state index contributed by atoms with van der Waals surface area (Å²) in [4.78, 5) is 21.8. The van der Waals surface area contributed by atoms with Crippen molar-refractivity contribution in [2.75, 3.05) is 26.0 Å². The molecule has 0 radical (unpaired) electrons. The second-order valence-electron chi connectivity index (χ2n) is 8.26. The van der Waals surface area contributed by atoms with E-state index in [0.29, 0.717) is 25.4 Å². The van der Waals surface area contributed by atoms with Gasteiger partial charge < -0.3 is 20.4 Å². The van der Waals surface area contributed by atoms with E-state index in [1.165, 1.54) is 0 Å². The van der Waals surface area contributed by atoms with Crippen molar-refractivity contribution in [3.63, 3.8) is 0 Å². The Morgan fingerprint density at radius 1 is 1.09 bits per heavy atom. The van der Waals surface area contributed by atoms with Gasteiger partial charge in [0, 0.05) is 32.0 Å². The number of para-hydroxylation sites is 1. The zero-order valence-corrected chi connectivity index (χ0v) is 19.3. The molecule has 0 aliphatic heterocycles. The number of carbonyl (C=O) groups is 1. The molecule has 33 heavy (non-hydrogen) atoms. The lowest BCUT2D eigenvalue weighted by molar-refractivity contribution is -0.122. The summed E-state index contributed by atoms with van der Waals surface area (Å²) < 4.78 is 7.53. The highest BCUT2D eigenvalue weighted by atomic mass is 16.5. The number of nitrogens with one attached hydrogen (secondary N) is 1. The third-order valence-corrected chi connectivity index (χ3v) is 6.02. The van der Waals surface area contributed by atoms with E-state index in [1.54, 1.807) is 7.11 Å². The molecule has 0 fully saturated rings. The Bertz CT molecular complexity index is 1240. The topological polar surface area (TPSA) is 95.1 Å². The van der Waals surface area contributed by atoms with Gasteiger partial charge in [-0.05, 0) is 31.4 Å². The van der Waals surface area contributed by atoms with Gasteiger partial charge in [-0.25, -0.2) is 9.97 Å². The molecule has 0 aliphatic rings. The molecule has 0 saturated carbocycles. The molecule has 0 bridgehead atoms. The first-order valence-electron chi connectivity index (χ1n) is 11.4. The number of amides is 1. The molecule has 2 aromatic heterocycles. The van der Waals surface area contributed by atoms with Crippen LogP contribution in [0.1, 0.15) is 37.1 Å². The van der Waals surface area contributed by atoms with Crippen LogP contribution in [0.5, 0.6) is 0 Å². The minimum absolute atomic E-state index is 0.0555. The van der Waals surface area contributed by atoms with E-state index < -0.39 is 0 Å². The molecule has 172 valence electrons. The van der Waals surface area contributed by atoms with E-state index in [4.69, 9.17) is 15.5 Å². The van der Waals surface area contributed by atoms with Gasteiger partial charge in [0.25, 0.3) is 0 Å². The Balaban J connectivity index is 1.46. The summed E-state index contributed by atoms with van der Waals surface area (Å²) in [5.41, 5.74) is 9.91. The standard InChI is InChI=1S/C26H31N5O2/c1-18(19-10-4-3-5-11-19)26(32)28-15-8-9-16-31-22(14-17-33-2)30-23-24(31)20-12-6-7-13-21(20)29-25(23)27/h3-7,10-13,18H,8-9,14-17H2,1-2H3,(H2,27,29)(H,28,32). The molecule has 1 atom stereocenters. The summed E-state index contributed by atoms with van der Waals surface area (Å²) in [6.45, 7) is 3.95. The average molecular weight is 446 g/mol. The first kappa shape index (κ1) is 22.7. The third-order valence-electron chi connectivity index (χ3n) is 6.02. The Kier molecular flexibility index (Phi) is 7.19. The van der Waals surface area contributed by atoms with Gasteiger partial charge in [0.05, 0.1) is 23.6 Å². The van der Waals surface area contributed by atoms with Crippen molar-refractivity contribution in [1.82, 2.24) is 19.9 Å². The molecule has 1 unspecified atom stereocenters. The van der Waals surface area contributed by atoms with Crippen molar-refractivity contribution in [2.24, 2.45) is 0 Å². The number of hydrogen-bond donors (Lipinski definition) is 2. The smallest absolute Gasteiger partial charge is 0.227 e. The molecule has 7 nitrogen and oxygen atoms in total. The molecule has 2 heterocycles. The van der Waals surface area contributed by atoms with Crippen LogP contribution < -0.4 is 11.1 Å². The molecule has 0 saturated heterocycles. The van der Waals surface area contributed by atoms with E-state index in [-0.39, 0.29) is 11.8 Å². The van der Waals surface area contributed by atoms with Crippen LogP contribution in [0.15, 0.2) is 54.6 Å². The third kappa shape index (κ3) is 4.98. The fourth-order valence-electron chi connectivity index (χ4n) is 4.18. The van der Waals surface area contributed by atoms with Gasteiger partial charge in [-0.3, -0.25) is 4.79 Å². The predicted molar refractivity (Wildman–Crippen MR) is 132 cm³/mol. The van der Waals surface area contributed by atoms with Gasteiger partial charge in [0.1, 0.15) is 11.3 Å². The number of fused-ring (bicyclic) bond motifs is 3. The predicted octanol–water partition coefficient (Wildman–Crippen LogP) is 4.06. The maximum atomic E-state index is 12.5. The highest BCUT2D eigenvalue weighted by molar-refractivity contribution is 6.06. The summed E-state index contributed by atoms with van der Waals surface area (Å²) >= 11 is 0. The van der Waals surface area contributed by atoms with Crippen molar-refractivity contribution in [1.29, 1.82) is 0 Å². The number of carbonyl (C=O) groups excluding carboxylic acids is 1. The average Bonchev–Trinajstić information content (AvgIpc) is 3.21. The number of nitrogens with two attached hydrogens (primary N) is 1. The molecule has 7 heteroatoms. The molecule has 3 N–H and O–H groups in total. The summed E-state index contributed by atoms with van der Waals surface area (Å²) in [5, 5.41) is 4.12. The van der Waals surface area contributed by atoms with Gasteiger partial charge >= 0.3 is 0 Å². The quantitative estimate of drug-likeness (QED) is 0.359. The zero-order chi connectivity index (χ0) is 23.2. The lowest BCUT2D eigenvalue weighted by Gasteiger charge is -2.13. The number of benzene rings is 2. The van der Waals surface area contributed by atoms with Crippen molar-refractivity contribution >= 4 is 33.7 Å². The number of nitrogen functional groups attached to an aromatic ring is 1. The van der Waals surface area contributed by atoms with Gasteiger partial charge in [-0.2, -0.15) is 0 Å². The van der Waals surface area contributed by atoms with Crippen molar-refractivity contribution in [3.8, 4) is 0 Å². The number of anilines is 1. The van der Waals surface area contributed by atoms with E-state index in [2.05, 4.69) is 20.9 Å². The normalized spacial score (nSPS) is 12.3. The number of imidazole rings is 1. The summed E-state index contributed by atoms with van der Waals surface area (Å²) in [7, 11) is 1.69. The highest BCUT2D eigenvalue weighted by Gasteiger charge is 2.17. The number of aromatic nitrogens is 3. The fraction of sp³-hybridized carbons (Fsp3) is 0.346. The minimum Gasteiger partial charge on any atom is -0.384 e. The largest absolute Gasteiger partial charge is 0.384 e. The Morgan fingerprint density at radius 3 is 2.64 bits per heavy atom. The zero-order valence-electron chi connectivity index (χ0n) is 19.3. The van der Waals surface area contributed by atoms with E-state index >= 15 is 0 Å². The Morgan fingerprint density at radius 2 is 1.85 bits per heavy atom. The van der Waals surface area contributed by atoms with Crippen LogP contribution in [0.3, 0.4) is 0 Å². The molecule has 0 aliphatic carbocycles. The summed E-state index contributed by atoms with van der Waals surface area (Å²) in [6.07, 6.45) is 2.47. The molecule has 4 aromatic rings. The SMILES string of the molecule is COCCc1nc2c(N)nc3ccccc3c2n1CCCCNC(=O)C(C)c1ccccc1. The number of hydrogen-bond acceptors (Lipinski definition) is 5. The van der Waals surface area contributed by atoms with Gasteiger partial charge in [-0.15, -0.1) is 0 Å². The summed E-state index contributed by atoms with van der Waals surface area (Å²) in [5.74, 6) is 1.29. The van der Waals surface area contributed by atoms with Crippen molar-refractivity contribution in [3.05, 3.63) is 66.0 Å². The lowest BCUT2D eigenvalue weighted by atomic mass is 10.0. The van der Waals surface area contributed by atoms with Gasteiger partial charge in [0.15, 0.2) is 5.82 Å². The monoisotopic (exact) mass is 445 g/mol. The molecule has 0 spiro atoms. The van der Waals surface area contributed by atoms with Crippen LogP contribution in [-0.2, 0) is 22.5 Å². The molecule has 2 aromatic carbocycles. The lowest BCUT2D eigenvalue weighted by Crippen LogP contribution is -2.29. The fourth-order valence-corrected chi connectivity index (χ4v) is 4.18. The van der Waals surface area contributed by atoms with Crippen LogP contribution in [0.4, 0.5) is 5.82 Å². The number of nitrogens with zero attached hydrogens (tertiary/aromatic N) is 3. The number of rotatable bonds is 10. The van der Waals surface area contributed by atoms with Crippen LogP contribution in [0, 0.1) is 0 Å². The summed E-state index contributed by atoms with van der Waals surface area (Å²) in [6, 6.07) is 17.9. The second kappa shape index (κ2) is 10.4. The molecule has 4 rings (SSSR count). The maximum Gasteiger partial charge on any atom is 0.227 e. The first-order valence-corrected chi connectivity index (χ1v) is 11.4. The number of pyridine rings is 1. The second-order valence-corrected chi connectivity index (χ2v) is 8.26. The molecular weight excluding hydrogens is 414 g/mol. The molecule has 1 amide bonds. The maximum absolute atomic E-state index is 12.5. The van der Waals surface area contributed by atoms with Crippen LogP contribution in [-0.4, -0.2) is 40.7 Å². The number of aryl methyl sites for hydroxylation is 1. The highest BCUT2D eigenvalue weighted by Crippen LogP contribution is 2.29. The first-order chi connectivity index (χ1) is 16.1. The van der Waals surface area contributed by atoms with Crippen molar-refractivity contribution in [2.45, 2.75) is 38.6 Å². The van der Waals surface area contributed by atoms with Crippen molar-refractivity contribution < 1.29 is 9.53 Å².